The van der Waals surface area contributed by atoms with Crippen LogP contribution in [0, 0.1) is 0 Å². The molecule has 1 aromatic carbocycles. The van der Waals surface area contributed by atoms with Crippen LogP contribution in [0.3, 0.4) is 0 Å². The summed E-state index contributed by atoms with van der Waals surface area (Å²) in [6.07, 6.45) is 3.59. The second-order valence-corrected chi connectivity index (χ2v) is 8.50. The number of nitrogens with zero attached hydrogens (tertiary/aromatic N) is 2. The Hall–Kier alpha value is -1.76. The van der Waals surface area contributed by atoms with Crippen molar-refractivity contribution in [3.63, 3.8) is 0 Å². The number of hydrogen-bond acceptors (Lipinski definition) is 5. The van der Waals surface area contributed by atoms with E-state index in [1.807, 2.05) is 18.2 Å². The number of halogens is 1. The van der Waals surface area contributed by atoms with Crippen molar-refractivity contribution in [1.29, 1.82) is 0 Å². The summed E-state index contributed by atoms with van der Waals surface area (Å²) in [5.41, 5.74) is 1.87. The van der Waals surface area contributed by atoms with Crippen molar-refractivity contribution < 1.29 is 13.2 Å². The maximum absolute atomic E-state index is 12.4. The minimum absolute atomic E-state index is 0. The maximum atomic E-state index is 12.4. The number of pyridine rings is 1. The quantitative estimate of drug-likeness (QED) is 0.267. The molecule has 8 nitrogen and oxygen atoms in total. The lowest BCUT2D eigenvalue weighted by molar-refractivity contribution is 0.114. The molecule has 1 saturated heterocycles. The van der Waals surface area contributed by atoms with Crippen LogP contribution in [0.15, 0.2) is 58.5 Å². The summed E-state index contributed by atoms with van der Waals surface area (Å²) < 4.78 is 32.9. The molecular formula is C20H28IN5O3S. The number of aliphatic imine (C=N–C) groups is 1. The van der Waals surface area contributed by atoms with Crippen LogP contribution >= 0.6 is 24.0 Å². The number of ether oxygens (including phenoxy) is 1. The molecule has 1 aliphatic rings. The van der Waals surface area contributed by atoms with Crippen molar-refractivity contribution in [2.24, 2.45) is 4.99 Å². The van der Waals surface area contributed by atoms with Crippen molar-refractivity contribution in [1.82, 2.24) is 20.3 Å². The second kappa shape index (κ2) is 12.2. The van der Waals surface area contributed by atoms with Gasteiger partial charge in [0.2, 0.25) is 10.0 Å². The van der Waals surface area contributed by atoms with Crippen LogP contribution in [-0.4, -0.2) is 45.7 Å². The van der Waals surface area contributed by atoms with Gasteiger partial charge in [0.25, 0.3) is 0 Å². The van der Waals surface area contributed by atoms with Gasteiger partial charge in [0.1, 0.15) is 0 Å². The van der Waals surface area contributed by atoms with E-state index in [-0.39, 0.29) is 35.0 Å². The highest BCUT2D eigenvalue weighted by Crippen LogP contribution is 2.14. The Balaban J connectivity index is 0.00000320. The van der Waals surface area contributed by atoms with Gasteiger partial charge in [0.15, 0.2) is 5.96 Å². The molecule has 10 heteroatoms. The van der Waals surface area contributed by atoms with Gasteiger partial charge in [-0.3, -0.25) is 9.98 Å². The molecule has 1 atom stereocenters. The summed E-state index contributed by atoms with van der Waals surface area (Å²) in [6.45, 7) is 2.09. The zero-order valence-corrected chi connectivity index (χ0v) is 20.0. The van der Waals surface area contributed by atoms with E-state index in [1.54, 1.807) is 37.5 Å². The molecule has 0 bridgehead atoms. The van der Waals surface area contributed by atoms with E-state index in [2.05, 4.69) is 25.3 Å². The first-order valence-electron chi connectivity index (χ1n) is 9.61. The standard InChI is InChI=1S/C20H27N5O3S.HI/c1-21-20(24-14-17-5-2-3-11-22-17)23-13-16-7-9-19(10-8-16)29(26,27)25-15-18-6-4-12-28-18;/h2-3,5,7-11,18,25H,4,6,12-15H2,1H3,(H2,21,23,24);1H. The molecule has 30 heavy (non-hydrogen) atoms. The van der Waals surface area contributed by atoms with Gasteiger partial charge in [-0.15, -0.1) is 24.0 Å². The Morgan fingerprint density at radius 2 is 1.93 bits per heavy atom. The lowest BCUT2D eigenvalue weighted by Gasteiger charge is -2.13. The number of aromatic nitrogens is 1. The first-order valence-corrected chi connectivity index (χ1v) is 11.1. The molecule has 164 valence electrons. The summed E-state index contributed by atoms with van der Waals surface area (Å²) in [7, 11) is -1.84. The predicted octanol–water partition coefficient (Wildman–Crippen LogP) is 2.02. The molecule has 0 saturated carbocycles. The van der Waals surface area contributed by atoms with Gasteiger partial charge in [-0.05, 0) is 42.7 Å². The molecule has 3 rings (SSSR count). The van der Waals surface area contributed by atoms with Crippen LogP contribution in [0.1, 0.15) is 24.1 Å². The third-order valence-electron chi connectivity index (χ3n) is 4.61. The Kier molecular flexibility index (Phi) is 9.95. The Morgan fingerprint density at radius 3 is 2.57 bits per heavy atom. The van der Waals surface area contributed by atoms with Crippen LogP contribution in [0.2, 0.25) is 0 Å². The SMILES string of the molecule is CN=C(NCc1ccc(S(=O)(=O)NCC2CCCO2)cc1)NCc1ccccn1.I. The zero-order valence-electron chi connectivity index (χ0n) is 16.9. The van der Waals surface area contributed by atoms with Gasteiger partial charge in [0, 0.05) is 32.9 Å². The second-order valence-electron chi connectivity index (χ2n) is 6.73. The minimum atomic E-state index is -3.53. The third-order valence-corrected chi connectivity index (χ3v) is 6.04. The summed E-state index contributed by atoms with van der Waals surface area (Å²) in [6, 6.07) is 12.5. The highest BCUT2D eigenvalue weighted by molar-refractivity contribution is 14.0. The van der Waals surface area contributed by atoms with Crippen LogP contribution < -0.4 is 15.4 Å². The zero-order chi connectivity index (χ0) is 20.5. The fourth-order valence-corrected chi connectivity index (χ4v) is 4.03. The topological polar surface area (TPSA) is 105 Å². The Labute approximate surface area is 195 Å². The van der Waals surface area contributed by atoms with E-state index in [4.69, 9.17) is 4.74 Å². The molecule has 0 spiro atoms. The fraction of sp³-hybridized carbons (Fsp3) is 0.400. The van der Waals surface area contributed by atoms with Crippen molar-refractivity contribution in [2.75, 3.05) is 20.2 Å². The average molecular weight is 545 g/mol. The average Bonchev–Trinajstić information content (AvgIpc) is 3.27. The van der Waals surface area contributed by atoms with E-state index < -0.39 is 10.0 Å². The smallest absolute Gasteiger partial charge is 0.240 e. The van der Waals surface area contributed by atoms with E-state index in [0.717, 1.165) is 24.1 Å². The van der Waals surface area contributed by atoms with Gasteiger partial charge in [-0.2, -0.15) is 0 Å². The maximum Gasteiger partial charge on any atom is 0.240 e. The van der Waals surface area contributed by atoms with Crippen molar-refractivity contribution in [3.05, 3.63) is 59.9 Å². The molecule has 2 heterocycles. The van der Waals surface area contributed by atoms with Crippen molar-refractivity contribution >= 4 is 40.0 Å². The molecule has 1 aromatic heterocycles. The highest BCUT2D eigenvalue weighted by Gasteiger charge is 2.20. The number of hydrogen-bond donors (Lipinski definition) is 3. The summed E-state index contributed by atoms with van der Waals surface area (Å²) >= 11 is 0. The normalized spacial score (nSPS) is 16.7. The number of guanidine groups is 1. The summed E-state index contributed by atoms with van der Waals surface area (Å²) in [5, 5.41) is 6.40. The van der Waals surface area contributed by atoms with E-state index in [9.17, 15) is 8.42 Å². The van der Waals surface area contributed by atoms with Gasteiger partial charge in [-0.25, -0.2) is 13.1 Å². The molecule has 2 aromatic rings. The molecule has 1 fully saturated rings. The lowest BCUT2D eigenvalue weighted by atomic mass is 10.2. The molecule has 1 unspecified atom stereocenters. The summed E-state index contributed by atoms with van der Waals surface area (Å²) in [4.78, 5) is 8.69. The van der Waals surface area contributed by atoms with Crippen molar-refractivity contribution in [2.45, 2.75) is 36.9 Å². The molecule has 0 radical (unpaired) electrons. The molecule has 1 aliphatic heterocycles. The molecule has 3 N–H and O–H groups in total. The molecule has 0 amide bonds. The number of nitrogens with one attached hydrogen (secondary N) is 3. The van der Waals surface area contributed by atoms with Crippen LogP contribution in [0.25, 0.3) is 0 Å². The van der Waals surface area contributed by atoms with Crippen LogP contribution in [0.4, 0.5) is 0 Å². The highest BCUT2D eigenvalue weighted by atomic mass is 127. The Morgan fingerprint density at radius 1 is 1.17 bits per heavy atom. The van der Waals surface area contributed by atoms with E-state index >= 15 is 0 Å². The monoisotopic (exact) mass is 545 g/mol. The van der Waals surface area contributed by atoms with Gasteiger partial charge in [0.05, 0.1) is 23.2 Å². The number of rotatable bonds is 8. The van der Waals surface area contributed by atoms with Crippen LogP contribution in [-0.2, 0) is 27.8 Å². The lowest BCUT2D eigenvalue weighted by Crippen LogP contribution is -2.36. The van der Waals surface area contributed by atoms with Gasteiger partial charge < -0.3 is 15.4 Å². The van der Waals surface area contributed by atoms with E-state index in [1.165, 1.54) is 0 Å². The van der Waals surface area contributed by atoms with E-state index in [0.29, 0.717) is 32.2 Å². The first-order chi connectivity index (χ1) is 14.1. The fourth-order valence-electron chi connectivity index (χ4n) is 2.96. The first kappa shape index (κ1) is 24.5. The number of benzene rings is 1. The van der Waals surface area contributed by atoms with Crippen LogP contribution in [0.5, 0.6) is 0 Å². The predicted molar refractivity (Wildman–Crippen MR) is 127 cm³/mol. The van der Waals surface area contributed by atoms with Crippen molar-refractivity contribution in [3.8, 4) is 0 Å². The Bertz CT molecular complexity index is 902. The largest absolute Gasteiger partial charge is 0.377 e. The molecular weight excluding hydrogens is 517 g/mol. The molecule has 0 aliphatic carbocycles. The van der Waals surface area contributed by atoms with Gasteiger partial charge in [-0.1, -0.05) is 18.2 Å². The third kappa shape index (κ3) is 7.49. The minimum Gasteiger partial charge on any atom is -0.377 e. The van der Waals surface area contributed by atoms with Gasteiger partial charge >= 0.3 is 0 Å². The number of sulfonamides is 1. The summed E-state index contributed by atoms with van der Waals surface area (Å²) in [5.74, 6) is 0.644.